The van der Waals surface area contributed by atoms with Crippen molar-refractivity contribution in [3.63, 3.8) is 0 Å². The number of amides is 1. The molecule has 1 heterocycles. The summed E-state index contributed by atoms with van der Waals surface area (Å²) in [7, 11) is 0. The zero-order valence-electron chi connectivity index (χ0n) is 15.5. The van der Waals surface area contributed by atoms with E-state index in [0.29, 0.717) is 5.92 Å². The molecule has 2 aromatic rings. The van der Waals surface area contributed by atoms with Crippen molar-refractivity contribution < 1.29 is 4.79 Å². The van der Waals surface area contributed by atoms with Gasteiger partial charge in [0.05, 0.1) is 5.92 Å². The molecule has 1 saturated heterocycles. The van der Waals surface area contributed by atoms with Crippen molar-refractivity contribution in [2.75, 3.05) is 19.6 Å². The predicted octanol–water partition coefficient (Wildman–Crippen LogP) is 4.21. The van der Waals surface area contributed by atoms with E-state index >= 15 is 0 Å². The maximum atomic E-state index is 12.5. The maximum Gasteiger partial charge on any atom is 0.224 e. The van der Waals surface area contributed by atoms with Gasteiger partial charge in [-0.05, 0) is 48.1 Å². The number of fused-ring (bicyclic) bond motifs is 1. The van der Waals surface area contributed by atoms with E-state index in [0.717, 1.165) is 45.4 Å². The topological polar surface area (TPSA) is 32.3 Å². The van der Waals surface area contributed by atoms with Gasteiger partial charge in [-0.1, -0.05) is 56.3 Å². The highest BCUT2D eigenvalue weighted by Crippen LogP contribution is 2.23. The van der Waals surface area contributed by atoms with Gasteiger partial charge in [0, 0.05) is 19.6 Å². The van der Waals surface area contributed by atoms with Gasteiger partial charge in [-0.2, -0.15) is 0 Å². The summed E-state index contributed by atoms with van der Waals surface area (Å²) in [6.07, 6.45) is 3.17. The third-order valence-corrected chi connectivity index (χ3v) is 5.17. The summed E-state index contributed by atoms with van der Waals surface area (Å²) < 4.78 is 0. The number of hydrogen-bond acceptors (Lipinski definition) is 2. The van der Waals surface area contributed by atoms with Crippen LogP contribution in [-0.2, 0) is 11.3 Å². The smallest absolute Gasteiger partial charge is 0.224 e. The molecule has 0 radical (unpaired) electrons. The number of carbonyl (C=O) groups is 1. The van der Waals surface area contributed by atoms with Crippen molar-refractivity contribution in [3.8, 4) is 0 Å². The van der Waals surface area contributed by atoms with Crippen LogP contribution < -0.4 is 5.32 Å². The molecule has 0 spiro atoms. The lowest BCUT2D eigenvalue weighted by Crippen LogP contribution is -2.43. The molecule has 3 rings (SSSR count). The molecular weight excluding hydrogens is 308 g/mol. The molecule has 3 nitrogen and oxygen atoms in total. The number of nitrogens with zero attached hydrogens (tertiary/aromatic N) is 1. The second kappa shape index (κ2) is 8.48. The molecule has 1 aliphatic rings. The third-order valence-electron chi connectivity index (χ3n) is 5.17. The molecule has 0 aliphatic carbocycles. The molecule has 0 aromatic heterocycles. The number of hydrogen-bond donors (Lipinski definition) is 1. The van der Waals surface area contributed by atoms with Crippen LogP contribution in [0.15, 0.2) is 42.5 Å². The van der Waals surface area contributed by atoms with Gasteiger partial charge in [-0.25, -0.2) is 0 Å². The van der Waals surface area contributed by atoms with E-state index < -0.39 is 0 Å². The number of nitrogens with one attached hydrogen (secondary N) is 1. The van der Waals surface area contributed by atoms with Gasteiger partial charge in [-0.15, -0.1) is 0 Å². The van der Waals surface area contributed by atoms with Crippen LogP contribution in [0.1, 0.15) is 38.7 Å². The largest absolute Gasteiger partial charge is 0.356 e. The number of piperidine rings is 1. The van der Waals surface area contributed by atoms with Crippen molar-refractivity contribution in [1.82, 2.24) is 10.2 Å². The summed E-state index contributed by atoms with van der Waals surface area (Å²) in [5, 5.41) is 5.75. The lowest BCUT2D eigenvalue weighted by molar-refractivity contribution is -0.126. The number of likely N-dealkylation sites (tertiary alicyclic amines) is 1. The molecule has 2 aromatic carbocycles. The van der Waals surface area contributed by atoms with Crippen molar-refractivity contribution in [1.29, 1.82) is 0 Å². The normalized spacial score (nSPS) is 18.6. The van der Waals surface area contributed by atoms with Gasteiger partial charge < -0.3 is 5.32 Å². The Morgan fingerprint density at radius 1 is 1.20 bits per heavy atom. The monoisotopic (exact) mass is 338 g/mol. The first-order chi connectivity index (χ1) is 12.1. The Labute approximate surface area is 151 Å². The van der Waals surface area contributed by atoms with Crippen LogP contribution in [0.2, 0.25) is 0 Å². The Morgan fingerprint density at radius 2 is 2.00 bits per heavy atom. The van der Waals surface area contributed by atoms with Gasteiger partial charge in [0.25, 0.3) is 0 Å². The average Bonchev–Trinajstić information content (AvgIpc) is 2.62. The summed E-state index contributed by atoms with van der Waals surface area (Å²) in [4.78, 5) is 14.9. The second-order valence-corrected chi connectivity index (χ2v) is 7.69. The van der Waals surface area contributed by atoms with Gasteiger partial charge in [0.1, 0.15) is 0 Å². The van der Waals surface area contributed by atoms with Crippen molar-refractivity contribution in [2.24, 2.45) is 11.8 Å². The number of carbonyl (C=O) groups excluding carboxylic acids is 1. The SMILES string of the molecule is CC(C)CCNC(=O)C1CCCN(Cc2cccc3ccccc23)C1. The van der Waals surface area contributed by atoms with E-state index in [9.17, 15) is 4.79 Å². The molecule has 1 unspecified atom stereocenters. The summed E-state index contributed by atoms with van der Waals surface area (Å²) in [6, 6.07) is 15.1. The lowest BCUT2D eigenvalue weighted by Gasteiger charge is -2.32. The van der Waals surface area contributed by atoms with E-state index in [2.05, 4.69) is 66.5 Å². The minimum absolute atomic E-state index is 0.135. The third kappa shape index (κ3) is 4.82. The molecule has 3 heteroatoms. The second-order valence-electron chi connectivity index (χ2n) is 7.69. The van der Waals surface area contributed by atoms with Crippen LogP contribution in [0.3, 0.4) is 0 Å². The molecule has 1 aliphatic heterocycles. The maximum absolute atomic E-state index is 12.5. The first-order valence-electron chi connectivity index (χ1n) is 9.60. The first kappa shape index (κ1) is 17.9. The Hall–Kier alpha value is -1.87. The van der Waals surface area contributed by atoms with Gasteiger partial charge >= 0.3 is 0 Å². The van der Waals surface area contributed by atoms with E-state index in [4.69, 9.17) is 0 Å². The number of benzene rings is 2. The fraction of sp³-hybridized carbons (Fsp3) is 0.500. The number of rotatable bonds is 6. The molecule has 1 fully saturated rings. The Balaban J connectivity index is 1.60. The van der Waals surface area contributed by atoms with Gasteiger partial charge in [-0.3, -0.25) is 9.69 Å². The Kier molecular flexibility index (Phi) is 6.09. The molecule has 1 atom stereocenters. The van der Waals surface area contributed by atoms with E-state index in [1.807, 2.05) is 0 Å². The summed E-state index contributed by atoms with van der Waals surface area (Å²) in [5.41, 5.74) is 1.36. The molecule has 25 heavy (non-hydrogen) atoms. The Morgan fingerprint density at radius 3 is 2.84 bits per heavy atom. The predicted molar refractivity (Wildman–Crippen MR) is 104 cm³/mol. The van der Waals surface area contributed by atoms with Crippen molar-refractivity contribution >= 4 is 16.7 Å². The van der Waals surface area contributed by atoms with Gasteiger partial charge in [0.2, 0.25) is 5.91 Å². The molecule has 134 valence electrons. The van der Waals surface area contributed by atoms with Crippen molar-refractivity contribution in [3.05, 3.63) is 48.0 Å². The standard InChI is InChI=1S/C22H30N2O/c1-17(2)12-13-23-22(25)20-10-6-14-24(16-20)15-19-9-5-8-18-7-3-4-11-21(18)19/h3-5,7-9,11,17,20H,6,10,12-16H2,1-2H3,(H,23,25). The van der Waals surface area contributed by atoms with E-state index in [1.54, 1.807) is 0 Å². The first-order valence-corrected chi connectivity index (χ1v) is 9.60. The summed E-state index contributed by atoms with van der Waals surface area (Å²) in [5.74, 6) is 1.01. The highest BCUT2D eigenvalue weighted by molar-refractivity contribution is 5.85. The van der Waals surface area contributed by atoms with E-state index in [1.165, 1.54) is 16.3 Å². The van der Waals surface area contributed by atoms with Crippen molar-refractivity contribution in [2.45, 2.75) is 39.7 Å². The fourth-order valence-corrected chi connectivity index (χ4v) is 3.71. The Bertz CT molecular complexity index is 705. The molecular formula is C22H30N2O. The molecule has 1 N–H and O–H groups in total. The highest BCUT2D eigenvalue weighted by atomic mass is 16.1. The minimum atomic E-state index is 0.135. The van der Waals surface area contributed by atoms with Crippen LogP contribution in [0.5, 0.6) is 0 Å². The van der Waals surface area contributed by atoms with Crippen LogP contribution in [0.25, 0.3) is 10.8 Å². The quantitative estimate of drug-likeness (QED) is 0.855. The van der Waals surface area contributed by atoms with Crippen LogP contribution in [0, 0.1) is 11.8 Å². The average molecular weight is 338 g/mol. The zero-order chi connectivity index (χ0) is 17.6. The fourth-order valence-electron chi connectivity index (χ4n) is 3.71. The molecule has 1 amide bonds. The van der Waals surface area contributed by atoms with Crippen LogP contribution in [-0.4, -0.2) is 30.4 Å². The van der Waals surface area contributed by atoms with Crippen LogP contribution in [0.4, 0.5) is 0 Å². The minimum Gasteiger partial charge on any atom is -0.356 e. The van der Waals surface area contributed by atoms with Gasteiger partial charge in [0.15, 0.2) is 0 Å². The molecule has 0 bridgehead atoms. The molecule has 0 saturated carbocycles. The lowest BCUT2D eigenvalue weighted by atomic mass is 9.96. The highest BCUT2D eigenvalue weighted by Gasteiger charge is 2.25. The zero-order valence-corrected chi connectivity index (χ0v) is 15.5. The van der Waals surface area contributed by atoms with Crippen LogP contribution >= 0.6 is 0 Å². The summed E-state index contributed by atoms with van der Waals surface area (Å²) >= 11 is 0. The summed E-state index contributed by atoms with van der Waals surface area (Å²) in [6.45, 7) is 8.07. The van der Waals surface area contributed by atoms with E-state index in [-0.39, 0.29) is 11.8 Å².